The molecule has 1 aliphatic carbocycles. The van der Waals surface area contributed by atoms with Gasteiger partial charge in [-0.3, -0.25) is 29.9 Å². The summed E-state index contributed by atoms with van der Waals surface area (Å²) in [5.74, 6) is -1.40. The van der Waals surface area contributed by atoms with E-state index in [1.807, 2.05) is 0 Å². The fourth-order valence-corrected chi connectivity index (χ4v) is 4.32. The van der Waals surface area contributed by atoms with E-state index in [2.05, 4.69) is 20.4 Å². The first-order valence-electron chi connectivity index (χ1n) is 10.7. The van der Waals surface area contributed by atoms with E-state index in [1.165, 1.54) is 25.3 Å². The number of nitro benzene ring substituents is 1. The number of carbonyl (C=O) groups is 1. The van der Waals surface area contributed by atoms with E-state index in [0.29, 0.717) is 28.9 Å². The zero-order chi connectivity index (χ0) is 25.3. The average Bonchev–Trinajstić information content (AvgIpc) is 3.35. The van der Waals surface area contributed by atoms with E-state index in [0.717, 1.165) is 6.07 Å². The zero-order valence-corrected chi connectivity index (χ0v) is 19.1. The molecule has 0 bridgehead atoms. The zero-order valence-electron chi connectivity index (χ0n) is 19.1. The highest BCUT2D eigenvalue weighted by Gasteiger charge is 2.34. The summed E-state index contributed by atoms with van der Waals surface area (Å²) in [4.78, 5) is 48.3. The van der Waals surface area contributed by atoms with Crippen molar-refractivity contribution in [2.75, 3.05) is 7.11 Å². The summed E-state index contributed by atoms with van der Waals surface area (Å²) in [7, 11) is 1.40. The molecule has 0 saturated carbocycles. The molecular formula is C23H23N5O7. The standard InChI is InChI=1S/C23H23N5O7/c1-11-18(21(29)26-24-11)20(19-12(2)25-27-22(19)30)13-7-8-16(17(10-13)34-3)35-23(31)14-5-4-6-15(9-14)28(32)33/h4-6,8-10,13,20H,7H2,1-3H3,(H2,24,26,29)(H2,25,27,30)/t13-/m1/s1. The molecule has 4 rings (SSSR count). The molecule has 4 N–H and O–H groups in total. The molecule has 0 amide bonds. The van der Waals surface area contributed by atoms with Crippen LogP contribution >= 0.6 is 0 Å². The first kappa shape index (κ1) is 23.5. The number of aromatic amines is 4. The molecule has 0 spiro atoms. The number of methoxy groups -OCH3 is 1. The van der Waals surface area contributed by atoms with Crippen LogP contribution in [0, 0.1) is 29.9 Å². The molecule has 2 aromatic heterocycles. The number of hydrogen-bond donors (Lipinski definition) is 4. The maximum Gasteiger partial charge on any atom is 0.343 e. The van der Waals surface area contributed by atoms with Crippen molar-refractivity contribution in [2.45, 2.75) is 26.2 Å². The summed E-state index contributed by atoms with van der Waals surface area (Å²) in [5.41, 5.74) is 1.12. The smallest absolute Gasteiger partial charge is 0.343 e. The number of nitrogens with zero attached hydrogens (tertiary/aromatic N) is 1. The van der Waals surface area contributed by atoms with Crippen LogP contribution in [0.2, 0.25) is 0 Å². The number of non-ortho nitro benzene ring substituents is 1. The minimum Gasteiger partial charge on any atom is -0.493 e. The lowest BCUT2D eigenvalue weighted by Gasteiger charge is -2.27. The Hall–Kier alpha value is -4.61. The Labute approximate surface area is 197 Å². The fraction of sp³-hybridized carbons (Fsp3) is 0.261. The molecular weight excluding hydrogens is 458 g/mol. The van der Waals surface area contributed by atoms with Crippen LogP contribution in [0.4, 0.5) is 5.69 Å². The monoisotopic (exact) mass is 481 g/mol. The molecule has 12 nitrogen and oxygen atoms in total. The van der Waals surface area contributed by atoms with E-state index in [-0.39, 0.29) is 39.8 Å². The highest BCUT2D eigenvalue weighted by Crippen LogP contribution is 2.38. The van der Waals surface area contributed by atoms with E-state index in [4.69, 9.17) is 9.47 Å². The summed E-state index contributed by atoms with van der Waals surface area (Å²) >= 11 is 0. The van der Waals surface area contributed by atoms with Crippen LogP contribution in [0.5, 0.6) is 0 Å². The first-order chi connectivity index (χ1) is 16.7. The third-order valence-electron chi connectivity index (χ3n) is 5.97. The van der Waals surface area contributed by atoms with Crippen LogP contribution < -0.4 is 11.1 Å². The van der Waals surface area contributed by atoms with Gasteiger partial charge in [0.05, 0.1) is 17.6 Å². The van der Waals surface area contributed by atoms with Crippen LogP contribution in [0.25, 0.3) is 0 Å². The number of rotatable bonds is 7. The minimum absolute atomic E-state index is 0.0134. The molecule has 3 aromatic rings. The summed E-state index contributed by atoms with van der Waals surface area (Å²) < 4.78 is 10.9. The van der Waals surface area contributed by atoms with Crippen LogP contribution in [0.3, 0.4) is 0 Å². The Balaban J connectivity index is 1.67. The Morgan fingerprint density at radius 3 is 2.20 bits per heavy atom. The minimum atomic E-state index is -0.784. The van der Waals surface area contributed by atoms with Crippen LogP contribution in [-0.4, -0.2) is 38.4 Å². The highest BCUT2D eigenvalue weighted by molar-refractivity contribution is 5.91. The predicted octanol–water partition coefficient (Wildman–Crippen LogP) is 2.67. The van der Waals surface area contributed by atoms with Crippen molar-refractivity contribution in [3.63, 3.8) is 0 Å². The third kappa shape index (κ3) is 4.45. The number of allylic oxidation sites excluding steroid dienone is 2. The quantitative estimate of drug-likeness (QED) is 0.228. The molecule has 0 unspecified atom stereocenters. The molecule has 0 fully saturated rings. The highest BCUT2D eigenvalue weighted by atomic mass is 16.6. The second kappa shape index (κ2) is 9.33. The number of hydrogen-bond acceptors (Lipinski definition) is 7. The second-order valence-electron chi connectivity index (χ2n) is 8.11. The number of ether oxygens (including phenoxy) is 2. The molecule has 0 radical (unpaired) electrons. The molecule has 0 saturated heterocycles. The van der Waals surface area contributed by atoms with E-state index in [9.17, 15) is 24.5 Å². The summed E-state index contributed by atoms with van der Waals surface area (Å²) in [6, 6.07) is 5.21. The van der Waals surface area contributed by atoms with Crippen molar-refractivity contribution in [3.05, 3.63) is 107 Å². The van der Waals surface area contributed by atoms with Crippen molar-refractivity contribution in [1.29, 1.82) is 0 Å². The van der Waals surface area contributed by atoms with Crippen molar-refractivity contribution in [1.82, 2.24) is 20.4 Å². The van der Waals surface area contributed by atoms with Gasteiger partial charge in [-0.2, -0.15) is 0 Å². The first-order valence-corrected chi connectivity index (χ1v) is 10.7. The molecule has 2 heterocycles. The number of H-pyrrole nitrogens is 4. The molecule has 35 heavy (non-hydrogen) atoms. The second-order valence-corrected chi connectivity index (χ2v) is 8.11. The normalized spacial score (nSPS) is 15.5. The predicted molar refractivity (Wildman–Crippen MR) is 124 cm³/mol. The Morgan fingerprint density at radius 2 is 1.69 bits per heavy atom. The van der Waals surface area contributed by atoms with Crippen molar-refractivity contribution in [3.8, 4) is 0 Å². The Morgan fingerprint density at radius 1 is 1.06 bits per heavy atom. The van der Waals surface area contributed by atoms with Crippen molar-refractivity contribution >= 4 is 11.7 Å². The maximum absolute atomic E-state index is 12.6. The topological polar surface area (TPSA) is 176 Å². The van der Waals surface area contributed by atoms with Gasteiger partial charge < -0.3 is 19.7 Å². The lowest BCUT2D eigenvalue weighted by molar-refractivity contribution is -0.384. The summed E-state index contributed by atoms with van der Waals surface area (Å²) in [5, 5.41) is 21.7. The summed E-state index contributed by atoms with van der Waals surface area (Å²) in [6.45, 7) is 3.48. The molecule has 1 atom stereocenters. The van der Waals surface area contributed by atoms with Gasteiger partial charge in [0.15, 0.2) is 11.5 Å². The van der Waals surface area contributed by atoms with E-state index >= 15 is 0 Å². The van der Waals surface area contributed by atoms with Gasteiger partial charge >= 0.3 is 5.97 Å². The third-order valence-corrected chi connectivity index (χ3v) is 5.97. The van der Waals surface area contributed by atoms with Gasteiger partial charge in [-0.25, -0.2) is 4.79 Å². The number of nitrogens with one attached hydrogen (secondary N) is 4. The lowest BCUT2D eigenvalue weighted by Crippen LogP contribution is -2.26. The number of carbonyl (C=O) groups excluding carboxylic acids is 1. The lowest BCUT2D eigenvalue weighted by atomic mass is 9.77. The fourth-order valence-electron chi connectivity index (χ4n) is 4.32. The van der Waals surface area contributed by atoms with Gasteiger partial charge in [-0.05, 0) is 44.4 Å². The van der Waals surface area contributed by atoms with E-state index < -0.39 is 16.8 Å². The molecule has 0 aliphatic heterocycles. The van der Waals surface area contributed by atoms with Crippen molar-refractivity contribution < 1.29 is 19.2 Å². The van der Waals surface area contributed by atoms with E-state index in [1.54, 1.807) is 26.0 Å². The molecule has 1 aromatic carbocycles. The number of esters is 1. The van der Waals surface area contributed by atoms with Gasteiger partial charge in [0, 0.05) is 40.6 Å². The van der Waals surface area contributed by atoms with Gasteiger partial charge in [0.1, 0.15) is 0 Å². The number of benzene rings is 1. The SMILES string of the molecule is COC1=C[C@H](C(c2c(C)[nH][nH]c2=O)c2c(C)[nH][nH]c2=O)CC=C1OC(=O)c1cccc([N+](=O)[O-])c1. The molecule has 182 valence electrons. The molecule has 1 aliphatic rings. The number of aryl methyl sites for hydroxylation is 2. The Bertz CT molecular complexity index is 1420. The van der Waals surface area contributed by atoms with Gasteiger partial charge in [0.2, 0.25) is 0 Å². The van der Waals surface area contributed by atoms with Gasteiger partial charge in [-0.15, -0.1) is 0 Å². The van der Waals surface area contributed by atoms with Crippen LogP contribution in [0.1, 0.15) is 45.2 Å². The van der Waals surface area contributed by atoms with Crippen LogP contribution in [-0.2, 0) is 9.47 Å². The van der Waals surface area contributed by atoms with Gasteiger partial charge in [0.25, 0.3) is 16.8 Å². The van der Waals surface area contributed by atoms with Crippen LogP contribution in [0.15, 0.2) is 57.5 Å². The maximum atomic E-state index is 12.6. The largest absolute Gasteiger partial charge is 0.493 e. The van der Waals surface area contributed by atoms with Gasteiger partial charge in [-0.1, -0.05) is 6.07 Å². The summed E-state index contributed by atoms with van der Waals surface area (Å²) in [6.07, 6.45) is 3.67. The number of nitro groups is 1. The number of aromatic nitrogens is 4. The molecule has 12 heteroatoms. The van der Waals surface area contributed by atoms with Crippen molar-refractivity contribution in [2.24, 2.45) is 5.92 Å². The average molecular weight is 481 g/mol. The Kier molecular flexibility index (Phi) is 6.28.